The third kappa shape index (κ3) is 2.43. The third-order valence-electron chi connectivity index (χ3n) is 3.61. The van der Waals surface area contributed by atoms with Gasteiger partial charge in [0, 0.05) is 6.54 Å². The molecule has 2 aromatic heterocycles. The Bertz CT molecular complexity index is 630. The van der Waals surface area contributed by atoms with Crippen molar-refractivity contribution in [3.05, 3.63) is 44.3 Å². The SMILES string of the molecule is CC(=O)c1ccc(C(=O)N2CCC[C@@H]2c2ccsc2)s1. The molecule has 0 radical (unpaired) electrons. The maximum absolute atomic E-state index is 12.6. The van der Waals surface area contributed by atoms with Crippen LogP contribution in [0.25, 0.3) is 0 Å². The summed E-state index contributed by atoms with van der Waals surface area (Å²) in [5.74, 6) is 0.0704. The fourth-order valence-electron chi connectivity index (χ4n) is 2.60. The van der Waals surface area contributed by atoms with Crippen LogP contribution in [0, 0.1) is 0 Å². The van der Waals surface area contributed by atoms with Crippen LogP contribution in [0.4, 0.5) is 0 Å². The van der Waals surface area contributed by atoms with Gasteiger partial charge < -0.3 is 4.90 Å². The number of rotatable bonds is 3. The van der Waals surface area contributed by atoms with E-state index in [1.165, 1.54) is 23.8 Å². The number of ketones is 1. The molecule has 1 aliphatic rings. The van der Waals surface area contributed by atoms with Gasteiger partial charge >= 0.3 is 0 Å². The quantitative estimate of drug-likeness (QED) is 0.804. The number of carbonyl (C=O) groups is 2. The molecule has 1 fully saturated rings. The Labute approximate surface area is 125 Å². The van der Waals surface area contributed by atoms with Crippen LogP contribution >= 0.6 is 22.7 Å². The Balaban J connectivity index is 1.83. The first-order valence-corrected chi connectivity index (χ1v) is 8.36. The lowest BCUT2D eigenvalue weighted by Crippen LogP contribution is -2.29. The minimum atomic E-state index is 0.0184. The third-order valence-corrected chi connectivity index (χ3v) is 5.48. The average molecular weight is 305 g/mol. The number of Topliss-reactive ketones (excluding diaryl/α,β-unsaturated/α-hetero) is 1. The molecule has 0 unspecified atom stereocenters. The van der Waals surface area contributed by atoms with E-state index in [0.717, 1.165) is 19.4 Å². The molecule has 3 nitrogen and oxygen atoms in total. The highest BCUT2D eigenvalue weighted by Crippen LogP contribution is 2.35. The first kappa shape index (κ1) is 13.5. The van der Waals surface area contributed by atoms with E-state index in [-0.39, 0.29) is 17.7 Å². The molecule has 2 aromatic rings. The zero-order valence-electron chi connectivity index (χ0n) is 11.2. The molecule has 104 valence electrons. The fourth-order valence-corrected chi connectivity index (χ4v) is 4.17. The summed E-state index contributed by atoms with van der Waals surface area (Å²) in [5, 5.41) is 4.17. The van der Waals surface area contributed by atoms with Gasteiger partial charge in [-0.3, -0.25) is 9.59 Å². The molecule has 0 spiro atoms. The van der Waals surface area contributed by atoms with Crippen LogP contribution in [-0.2, 0) is 0 Å². The molecule has 1 amide bonds. The second-order valence-corrected chi connectivity index (χ2v) is 6.80. The molecule has 0 N–H and O–H groups in total. The minimum absolute atomic E-state index is 0.0184. The summed E-state index contributed by atoms with van der Waals surface area (Å²) < 4.78 is 0. The summed E-state index contributed by atoms with van der Waals surface area (Å²) in [6.45, 7) is 2.33. The normalized spacial score (nSPS) is 18.4. The zero-order valence-corrected chi connectivity index (χ0v) is 12.8. The molecule has 1 aliphatic heterocycles. The monoisotopic (exact) mass is 305 g/mol. The van der Waals surface area contributed by atoms with Crippen LogP contribution in [0.2, 0.25) is 0 Å². The van der Waals surface area contributed by atoms with Gasteiger partial charge in [0.15, 0.2) is 5.78 Å². The smallest absolute Gasteiger partial charge is 0.264 e. The topological polar surface area (TPSA) is 37.4 Å². The number of amides is 1. The van der Waals surface area contributed by atoms with E-state index in [1.807, 2.05) is 4.90 Å². The summed E-state index contributed by atoms with van der Waals surface area (Å²) in [6, 6.07) is 5.80. The van der Waals surface area contributed by atoms with Gasteiger partial charge in [0.1, 0.15) is 0 Å². The van der Waals surface area contributed by atoms with E-state index in [2.05, 4.69) is 16.8 Å². The number of likely N-dealkylation sites (tertiary alicyclic amines) is 1. The number of carbonyl (C=O) groups excluding carboxylic acids is 2. The molecule has 1 saturated heterocycles. The molecular weight excluding hydrogens is 290 g/mol. The molecule has 5 heteroatoms. The predicted molar refractivity (Wildman–Crippen MR) is 81.7 cm³/mol. The van der Waals surface area contributed by atoms with E-state index in [1.54, 1.807) is 23.5 Å². The zero-order chi connectivity index (χ0) is 14.1. The van der Waals surface area contributed by atoms with Gasteiger partial charge in [-0.15, -0.1) is 11.3 Å². The molecule has 20 heavy (non-hydrogen) atoms. The number of nitrogens with zero attached hydrogens (tertiary/aromatic N) is 1. The molecule has 1 atom stereocenters. The Kier molecular flexibility index (Phi) is 3.72. The Hall–Kier alpha value is -1.46. The molecule has 0 saturated carbocycles. The van der Waals surface area contributed by atoms with Crippen molar-refractivity contribution in [2.45, 2.75) is 25.8 Å². The highest BCUT2D eigenvalue weighted by atomic mass is 32.1. The molecule has 0 aliphatic carbocycles. The predicted octanol–water partition coefficient (Wildman–Crippen LogP) is 3.99. The van der Waals surface area contributed by atoms with Gasteiger partial charge in [0.2, 0.25) is 0 Å². The first-order valence-electron chi connectivity index (χ1n) is 6.60. The Morgan fingerprint density at radius 1 is 1.25 bits per heavy atom. The second kappa shape index (κ2) is 5.50. The van der Waals surface area contributed by atoms with Crippen molar-refractivity contribution in [2.24, 2.45) is 0 Å². The summed E-state index contributed by atoms with van der Waals surface area (Å²) >= 11 is 2.96. The van der Waals surface area contributed by atoms with Crippen molar-refractivity contribution >= 4 is 34.4 Å². The second-order valence-electron chi connectivity index (χ2n) is 4.93. The lowest BCUT2D eigenvalue weighted by molar-refractivity contribution is 0.0740. The van der Waals surface area contributed by atoms with Gasteiger partial charge in [-0.2, -0.15) is 11.3 Å². The van der Waals surface area contributed by atoms with Crippen LogP contribution in [0.3, 0.4) is 0 Å². The van der Waals surface area contributed by atoms with Crippen LogP contribution in [-0.4, -0.2) is 23.1 Å². The van der Waals surface area contributed by atoms with E-state index in [9.17, 15) is 9.59 Å². The van der Waals surface area contributed by atoms with E-state index in [0.29, 0.717) is 9.75 Å². The maximum atomic E-state index is 12.6. The van der Waals surface area contributed by atoms with Crippen molar-refractivity contribution in [1.82, 2.24) is 4.90 Å². The lowest BCUT2D eigenvalue weighted by atomic mass is 10.1. The summed E-state index contributed by atoms with van der Waals surface area (Å²) in [6.07, 6.45) is 2.06. The number of hydrogen-bond acceptors (Lipinski definition) is 4. The number of thiophene rings is 2. The van der Waals surface area contributed by atoms with Crippen molar-refractivity contribution < 1.29 is 9.59 Å². The van der Waals surface area contributed by atoms with Crippen molar-refractivity contribution in [2.75, 3.05) is 6.54 Å². The molecular formula is C15H15NO2S2. The van der Waals surface area contributed by atoms with E-state index < -0.39 is 0 Å². The average Bonchev–Trinajstić information content (AvgIpc) is 3.17. The van der Waals surface area contributed by atoms with Gasteiger partial charge in [-0.1, -0.05) is 0 Å². The molecule has 3 heterocycles. The molecule has 0 bridgehead atoms. The number of hydrogen-bond donors (Lipinski definition) is 0. The van der Waals surface area contributed by atoms with Crippen molar-refractivity contribution in [3.8, 4) is 0 Å². The van der Waals surface area contributed by atoms with Crippen molar-refractivity contribution in [1.29, 1.82) is 0 Å². The van der Waals surface area contributed by atoms with Gasteiger partial charge in [-0.25, -0.2) is 0 Å². The summed E-state index contributed by atoms with van der Waals surface area (Å²) in [7, 11) is 0. The highest BCUT2D eigenvalue weighted by molar-refractivity contribution is 7.16. The van der Waals surface area contributed by atoms with Gasteiger partial charge in [0.25, 0.3) is 5.91 Å². The van der Waals surface area contributed by atoms with E-state index in [4.69, 9.17) is 0 Å². The van der Waals surface area contributed by atoms with Crippen LogP contribution in [0.5, 0.6) is 0 Å². The fraction of sp³-hybridized carbons (Fsp3) is 0.333. The summed E-state index contributed by atoms with van der Waals surface area (Å²) in [5.41, 5.74) is 1.23. The largest absolute Gasteiger partial charge is 0.331 e. The first-order chi connectivity index (χ1) is 9.66. The van der Waals surface area contributed by atoms with E-state index >= 15 is 0 Å². The summed E-state index contributed by atoms with van der Waals surface area (Å²) in [4.78, 5) is 27.2. The van der Waals surface area contributed by atoms with Crippen molar-refractivity contribution in [3.63, 3.8) is 0 Å². The minimum Gasteiger partial charge on any atom is -0.331 e. The molecule has 3 rings (SSSR count). The van der Waals surface area contributed by atoms with Gasteiger partial charge in [-0.05, 0) is 54.3 Å². The van der Waals surface area contributed by atoms with Crippen LogP contribution < -0.4 is 0 Å². The standard InChI is InChI=1S/C15H15NO2S2/c1-10(17)13-4-5-14(20-13)15(18)16-7-2-3-12(16)11-6-8-19-9-11/h4-6,8-9,12H,2-3,7H2,1H3/t12-/m1/s1. The molecule has 0 aromatic carbocycles. The van der Waals surface area contributed by atoms with Crippen LogP contribution in [0.1, 0.15) is 50.7 Å². The Morgan fingerprint density at radius 2 is 2.05 bits per heavy atom. The Morgan fingerprint density at radius 3 is 2.70 bits per heavy atom. The highest BCUT2D eigenvalue weighted by Gasteiger charge is 2.31. The maximum Gasteiger partial charge on any atom is 0.264 e. The van der Waals surface area contributed by atoms with Crippen LogP contribution in [0.15, 0.2) is 29.0 Å². The lowest BCUT2D eigenvalue weighted by Gasteiger charge is -2.23. The van der Waals surface area contributed by atoms with Gasteiger partial charge in [0.05, 0.1) is 15.8 Å².